The van der Waals surface area contributed by atoms with Gasteiger partial charge in [-0.25, -0.2) is 0 Å². The molecule has 19 heteroatoms. The molecule has 0 aromatic heterocycles. The molecule has 0 spiro atoms. The van der Waals surface area contributed by atoms with E-state index in [0.29, 0.717) is 12.1 Å². The molecule has 0 heterocycles. The third-order valence-electron chi connectivity index (χ3n) is 6.37. The van der Waals surface area contributed by atoms with Crippen molar-refractivity contribution < 1.29 is 55.9 Å². The smallest absolute Gasteiger partial charge is 0.423 e. The fraction of sp³-hybridized carbons (Fsp3) is 0.444. The van der Waals surface area contributed by atoms with Gasteiger partial charge in [-0.2, -0.15) is 26.3 Å². The number of benzene rings is 2. The van der Waals surface area contributed by atoms with Gasteiger partial charge in [0.25, 0.3) is 0 Å². The molecule has 3 amide bonds. The summed E-state index contributed by atoms with van der Waals surface area (Å²) in [6.07, 6.45) is -8.54. The first-order valence-electron chi connectivity index (χ1n) is 13.7. The summed E-state index contributed by atoms with van der Waals surface area (Å²) in [6, 6.07) is 6.09. The van der Waals surface area contributed by atoms with E-state index in [2.05, 4.69) is 16.0 Å². The maximum absolute atomic E-state index is 13.0. The van der Waals surface area contributed by atoms with Crippen LogP contribution in [0.2, 0.25) is 0 Å². The highest BCUT2D eigenvalue weighted by Crippen LogP contribution is 2.30. The molecular weight excluding hydrogens is 629 g/mol. The Labute approximate surface area is 260 Å². The standard InChI is InChI=1S/C18H28BF3N6O6.C9H9F3/c20-18(21,22)10-3-11(19(33)34)5-12(4-10)28-15(30)6-26-16(31)13(25)1-2-14(29)27-9-17(32,7-23)8-24;1-2-7-3-5-8(6-4-7)9(10,11)12/h3-5,13,32-34H,1-2,6-9,23-25H2,(H,26,31)(H,27,29)(H,28,30);3-6H,2H2,1H3. The highest BCUT2D eigenvalue weighted by atomic mass is 19.4. The lowest BCUT2D eigenvalue weighted by Gasteiger charge is -2.24. The van der Waals surface area contributed by atoms with E-state index in [-0.39, 0.29) is 38.2 Å². The lowest BCUT2D eigenvalue weighted by Crippen LogP contribution is -2.53. The topological polar surface area (TPSA) is 226 Å². The van der Waals surface area contributed by atoms with Crippen LogP contribution in [0, 0.1) is 0 Å². The Kier molecular flexibility index (Phi) is 15.6. The number of carbonyl (C=O) groups excluding carboxylic acids is 3. The zero-order chi connectivity index (χ0) is 35.3. The van der Waals surface area contributed by atoms with Crippen LogP contribution in [0.15, 0.2) is 42.5 Å². The number of nitrogens with one attached hydrogen (secondary N) is 3. The molecule has 0 fully saturated rings. The number of aryl methyl sites for hydroxylation is 1. The molecule has 0 saturated heterocycles. The summed E-state index contributed by atoms with van der Waals surface area (Å²) in [5.74, 6) is -2.22. The van der Waals surface area contributed by atoms with Gasteiger partial charge in [-0.05, 0) is 48.1 Å². The number of nitrogens with two attached hydrogens (primary N) is 3. The van der Waals surface area contributed by atoms with Gasteiger partial charge < -0.3 is 48.3 Å². The summed E-state index contributed by atoms with van der Waals surface area (Å²) < 4.78 is 75.0. The van der Waals surface area contributed by atoms with Gasteiger partial charge in [-0.1, -0.05) is 25.1 Å². The second-order valence-electron chi connectivity index (χ2n) is 10.1. The van der Waals surface area contributed by atoms with E-state index in [9.17, 15) is 45.8 Å². The summed E-state index contributed by atoms with van der Waals surface area (Å²) in [6.45, 7) is 0.728. The third kappa shape index (κ3) is 14.1. The zero-order valence-electron chi connectivity index (χ0n) is 24.7. The largest absolute Gasteiger partial charge is 0.488 e. The Hall–Kier alpha value is -3.75. The van der Waals surface area contributed by atoms with Gasteiger partial charge in [-0.3, -0.25) is 14.4 Å². The number of anilines is 1. The van der Waals surface area contributed by atoms with Gasteiger partial charge >= 0.3 is 19.5 Å². The Bertz CT molecular complexity index is 1290. The number of halogens is 6. The van der Waals surface area contributed by atoms with Crippen LogP contribution >= 0.6 is 0 Å². The van der Waals surface area contributed by atoms with Crippen molar-refractivity contribution in [3.63, 3.8) is 0 Å². The molecule has 0 aliphatic carbocycles. The van der Waals surface area contributed by atoms with Crippen LogP contribution < -0.4 is 38.6 Å². The predicted octanol–water partition coefficient (Wildman–Crippen LogP) is -0.420. The fourth-order valence-electron chi connectivity index (χ4n) is 3.47. The summed E-state index contributed by atoms with van der Waals surface area (Å²) in [5, 5.41) is 34.9. The Morgan fingerprint density at radius 3 is 1.91 bits per heavy atom. The van der Waals surface area contributed by atoms with E-state index in [0.717, 1.165) is 30.2 Å². The fourth-order valence-corrected chi connectivity index (χ4v) is 3.47. The monoisotopic (exact) mass is 666 g/mol. The SMILES string of the molecule is CCc1ccc(C(F)(F)F)cc1.NCC(O)(CN)CNC(=O)CCC(N)C(=O)NCC(=O)Nc1cc(B(O)O)cc(C(F)(F)F)c1. The molecule has 0 aliphatic heterocycles. The summed E-state index contributed by atoms with van der Waals surface area (Å²) in [7, 11) is -2.20. The maximum Gasteiger partial charge on any atom is 0.488 e. The van der Waals surface area contributed by atoms with Crippen molar-refractivity contribution in [2.75, 3.05) is 31.5 Å². The van der Waals surface area contributed by atoms with Gasteiger partial charge in [0.15, 0.2) is 0 Å². The molecule has 256 valence electrons. The van der Waals surface area contributed by atoms with Crippen LogP contribution in [0.5, 0.6) is 0 Å². The van der Waals surface area contributed by atoms with Gasteiger partial charge in [0.2, 0.25) is 17.7 Å². The first-order chi connectivity index (χ1) is 21.2. The van der Waals surface area contributed by atoms with Gasteiger partial charge in [0.1, 0.15) is 5.60 Å². The van der Waals surface area contributed by atoms with Crippen molar-refractivity contribution in [3.05, 3.63) is 59.2 Å². The number of hydrogen-bond acceptors (Lipinski definition) is 9. The summed E-state index contributed by atoms with van der Waals surface area (Å²) in [5.41, 5.74) is 13.2. The predicted molar refractivity (Wildman–Crippen MR) is 157 cm³/mol. The minimum absolute atomic E-state index is 0.103. The van der Waals surface area contributed by atoms with Gasteiger partial charge in [0.05, 0.1) is 23.7 Å². The molecule has 1 atom stereocenters. The van der Waals surface area contributed by atoms with Gasteiger partial charge in [0, 0.05) is 31.7 Å². The number of aliphatic hydroxyl groups is 1. The van der Waals surface area contributed by atoms with E-state index >= 15 is 0 Å². The second kappa shape index (κ2) is 17.8. The normalized spacial score (nSPS) is 12.4. The Morgan fingerprint density at radius 2 is 1.43 bits per heavy atom. The molecule has 1 unspecified atom stereocenters. The highest BCUT2D eigenvalue weighted by molar-refractivity contribution is 6.58. The minimum atomic E-state index is -4.80. The lowest BCUT2D eigenvalue weighted by atomic mass is 9.79. The number of alkyl halides is 6. The molecule has 0 aliphatic rings. The highest BCUT2D eigenvalue weighted by Gasteiger charge is 2.33. The van der Waals surface area contributed by atoms with Crippen molar-refractivity contribution in [3.8, 4) is 0 Å². The van der Waals surface area contributed by atoms with E-state index in [1.54, 1.807) is 0 Å². The second-order valence-corrected chi connectivity index (χ2v) is 10.1. The maximum atomic E-state index is 13.0. The van der Waals surface area contributed by atoms with Crippen molar-refractivity contribution >= 4 is 36.0 Å². The van der Waals surface area contributed by atoms with Crippen molar-refractivity contribution in [2.24, 2.45) is 17.2 Å². The minimum Gasteiger partial charge on any atom is -0.423 e. The molecule has 0 saturated carbocycles. The quantitative estimate of drug-likeness (QED) is 0.0999. The van der Waals surface area contributed by atoms with Crippen molar-refractivity contribution in [1.82, 2.24) is 10.6 Å². The average molecular weight is 666 g/mol. The zero-order valence-corrected chi connectivity index (χ0v) is 24.7. The van der Waals surface area contributed by atoms with Crippen LogP contribution in [0.3, 0.4) is 0 Å². The summed E-state index contributed by atoms with van der Waals surface area (Å²) >= 11 is 0. The van der Waals surface area contributed by atoms with E-state index in [1.807, 2.05) is 6.92 Å². The van der Waals surface area contributed by atoms with Crippen molar-refractivity contribution in [2.45, 2.75) is 50.2 Å². The number of carbonyl (C=O) groups is 3. The molecule has 0 bridgehead atoms. The van der Waals surface area contributed by atoms with Crippen LogP contribution in [0.1, 0.15) is 36.5 Å². The van der Waals surface area contributed by atoms with Crippen LogP contribution in [0.25, 0.3) is 0 Å². The van der Waals surface area contributed by atoms with Crippen molar-refractivity contribution in [1.29, 1.82) is 0 Å². The average Bonchev–Trinajstić information content (AvgIpc) is 3.00. The van der Waals surface area contributed by atoms with E-state index in [4.69, 9.17) is 27.2 Å². The Morgan fingerprint density at radius 1 is 0.870 bits per heavy atom. The molecular formula is C27H37BF6N6O6. The first-order valence-corrected chi connectivity index (χ1v) is 13.7. The number of amides is 3. The molecule has 0 radical (unpaired) electrons. The summed E-state index contributed by atoms with van der Waals surface area (Å²) in [4.78, 5) is 35.8. The van der Waals surface area contributed by atoms with E-state index in [1.165, 1.54) is 12.1 Å². The molecule has 12 nitrogen and oxygen atoms in total. The number of hydrogen-bond donors (Lipinski definition) is 9. The Balaban J connectivity index is 0.000000733. The van der Waals surface area contributed by atoms with Crippen LogP contribution in [-0.4, -0.2) is 77.8 Å². The molecule has 2 rings (SSSR count). The molecule has 2 aromatic rings. The van der Waals surface area contributed by atoms with Gasteiger partial charge in [-0.15, -0.1) is 0 Å². The number of rotatable bonds is 13. The van der Waals surface area contributed by atoms with E-state index < -0.39 is 72.0 Å². The lowest BCUT2D eigenvalue weighted by molar-refractivity contribution is -0.138. The molecule has 46 heavy (non-hydrogen) atoms. The van der Waals surface area contributed by atoms with Crippen LogP contribution in [0.4, 0.5) is 32.0 Å². The molecule has 2 aromatic carbocycles. The molecule has 12 N–H and O–H groups in total. The van der Waals surface area contributed by atoms with Crippen LogP contribution in [-0.2, 0) is 33.2 Å². The first kappa shape index (κ1) is 40.3. The third-order valence-corrected chi connectivity index (χ3v) is 6.37.